The van der Waals surface area contributed by atoms with Gasteiger partial charge >= 0.3 is 0 Å². The van der Waals surface area contributed by atoms with Gasteiger partial charge in [0.15, 0.2) is 0 Å². The summed E-state index contributed by atoms with van der Waals surface area (Å²) in [6.45, 7) is 6.69. The van der Waals surface area contributed by atoms with Crippen molar-refractivity contribution in [2.75, 3.05) is 13.6 Å². The van der Waals surface area contributed by atoms with Crippen molar-refractivity contribution < 1.29 is 4.79 Å². The van der Waals surface area contributed by atoms with Gasteiger partial charge in [0.05, 0.1) is 6.04 Å². The van der Waals surface area contributed by atoms with Gasteiger partial charge in [0.1, 0.15) is 0 Å². The Balaban J connectivity index is 0.000000457. The second-order valence-corrected chi connectivity index (χ2v) is 6.18. The van der Waals surface area contributed by atoms with E-state index in [1.54, 1.807) is 0 Å². The molecule has 0 aromatic heterocycles. The largest absolute Gasteiger partial charge is 0.355 e. The van der Waals surface area contributed by atoms with Crippen molar-refractivity contribution in [1.82, 2.24) is 10.6 Å². The molecule has 1 amide bonds. The lowest BCUT2D eigenvalue weighted by atomic mass is 9.83. The molecule has 2 fully saturated rings. The fourth-order valence-corrected chi connectivity index (χ4v) is 3.39. The van der Waals surface area contributed by atoms with E-state index in [1.807, 2.05) is 27.8 Å². The van der Waals surface area contributed by atoms with E-state index in [1.165, 1.54) is 70.6 Å². The molecule has 2 N–H and O–H groups in total. The molecule has 0 radical (unpaired) electrons. The van der Waals surface area contributed by atoms with Gasteiger partial charge in [-0.2, -0.15) is 0 Å². The van der Waals surface area contributed by atoms with Crippen LogP contribution in [-0.4, -0.2) is 25.5 Å². The first-order chi connectivity index (χ1) is 10.8. The maximum atomic E-state index is 11.7. The molecule has 0 aromatic rings. The predicted octanol–water partition coefficient (Wildman–Crippen LogP) is 4.66. The molecule has 2 aliphatic carbocycles. The van der Waals surface area contributed by atoms with Crippen molar-refractivity contribution in [3.63, 3.8) is 0 Å². The Hall–Kier alpha value is -0.570. The van der Waals surface area contributed by atoms with Crippen LogP contribution in [0.4, 0.5) is 0 Å². The average Bonchev–Trinajstić information content (AvgIpc) is 2.61. The van der Waals surface area contributed by atoms with Crippen LogP contribution < -0.4 is 10.6 Å². The summed E-state index contributed by atoms with van der Waals surface area (Å²) in [5.74, 6) is 0.710. The monoisotopic (exact) mass is 312 g/mol. The van der Waals surface area contributed by atoms with Gasteiger partial charge in [0.2, 0.25) is 5.91 Å². The molecule has 132 valence electrons. The minimum Gasteiger partial charge on any atom is -0.355 e. The molecular formula is C19H40N2O. The van der Waals surface area contributed by atoms with E-state index in [0.717, 1.165) is 6.54 Å². The zero-order valence-corrected chi connectivity index (χ0v) is 15.5. The molecule has 1 atom stereocenters. The Labute approximate surface area is 139 Å². The van der Waals surface area contributed by atoms with Crippen molar-refractivity contribution >= 4 is 5.91 Å². The molecule has 0 aromatic carbocycles. The first-order valence-corrected chi connectivity index (χ1v) is 9.74. The number of carbonyl (C=O) groups is 1. The van der Waals surface area contributed by atoms with Gasteiger partial charge in [-0.25, -0.2) is 0 Å². The fraction of sp³-hybridized carbons (Fsp3) is 0.947. The van der Waals surface area contributed by atoms with Crippen LogP contribution >= 0.6 is 0 Å². The molecule has 2 saturated carbocycles. The van der Waals surface area contributed by atoms with E-state index >= 15 is 0 Å². The smallest absolute Gasteiger partial charge is 0.237 e. The van der Waals surface area contributed by atoms with E-state index in [0.29, 0.717) is 5.92 Å². The number of rotatable bonds is 4. The number of carbonyl (C=O) groups excluding carboxylic acids is 1. The quantitative estimate of drug-likeness (QED) is 0.793. The van der Waals surface area contributed by atoms with Crippen molar-refractivity contribution in [1.29, 1.82) is 0 Å². The number of amides is 1. The number of likely N-dealkylation sites (N-methyl/N-ethyl adjacent to an activating group) is 2. The third-order valence-electron chi connectivity index (χ3n) is 4.57. The molecular weight excluding hydrogens is 272 g/mol. The highest BCUT2D eigenvalue weighted by molar-refractivity contribution is 5.82. The molecule has 0 saturated heterocycles. The predicted molar refractivity (Wildman–Crippen MR) is 97.2 cm³/mol. The van der Waals surface area contributed by atoms with Crippen LogP contribution in [0.15, 0.2) is 0 Å². The van der Waals surface area contributed by atoms with Crippen LogP contribution in [0, 0.1) is 5.92 Å². The Morgan fingerprint density at radius 1 is 0.909 bits per heavy atom. The summed E-state index contributed by atoms with van der Waals surface area (Å²) < 4.78 is 0. The third-order valence-corrected chi connectivity index (χ3v) is 4.57. The minimum absolute atomic E-state index is 0.0234. The summed E-state index contributed by atoms with van der Waals surface area (Å²) in [4.78, 5) is 11.7. The fourth-order valence-electron chi connectivity index (χ4n) is 3.39. The van der Waals surface area contributed by atoms with Crippen LogP contribution in [-0.2, 0) is 4.79 Å². The summed E-state index contributed by atoms with van der Waals surface area (Å²) in [5.41, 5.74) is 0. The summed E-state index contributed by atoms with van der Waals surface area (Å²) in [6.07, 6.45) is 15.3. The Bertz CT molecular complexity index is 234. The highest BCUT2D eigenvalue weighted by Crippen LogP contribution is 2.26. The number of nitrogens with one attached hydrogen (secondary N) is 2. The van der Waals surface area contributed by atoms with E-state index in [-0.39, 0.29) is 11.9 Å². The van der Waals surface area contributed by atoms with Crippen LogP contribution in [0.25, 0.3) is 0 Å². The van der Waals surface area contributed by atoms with Crippen LogP contribution in [0.1, 0.15) is 91.4 Å². The molecule has 2 rings (SSSR count). The molecule has 0 bridgehead atoms. The maximum absolute atomic E-state index is 11.7. The number of hydrogen-bond donors (Lipinski definition) is 2. The Morgan fingerprint density at radius 2 is 1.32 bits per heavy atom. The second-order valence-electron chi connectivity index (χ2n) is 6.18. The van der Waals surface area contributed by atoms with Gasteiger partial charge < -0.3 is 10.6 Å². The molecule has 22 heavy (non-hydrogen) atoms. The molecule has 3 nitrogen and oxygen atoms in total. The Morgan fingerprint density at radius 3 is 1.68 bits per heavy atom. The van der Waals surface area contributed by atoms with Gasteiger partial charge in [-0.1, -0.05) is 71.6 Å². The van der Waals surface area contributed by atoms with E-state index in [2.05, 4.69) is 10.6 Å². The van der Waals surface area contributed by atoms with Gasteiger partial charge in [0, 0.05) is 6.54 Å². The van der Waals surface area contributed by atoms with E-state index in [4.69, 9.17) is 0 Å². The van der Waals surface area contributed by atoms with Crippen LogP contribution in [0.3, 0.4) is 0 Å². The van der Waals surface area contributed by atoms with E-state index < -0.39 is 0 Å². The first kappa shape index (κ1) is 21.4. The summed E-state index contributed by atoms with van der Waals surface area (Å²) in [6, 6.07) is 0.0234. The number of hydrogen-bond acceptors (Lipinski definition) is 2. The van der Waals surface area contributed by atoms with Crippen LogP contribution in [0.2, 0.25) is 0 Å². The zero-order chi connectivity index (χ0) is 16.6. The lowest BCUT2D eigenvalue weighted by Gasteiger charge is -2.28. The molecule has 0 heterocycles. The van der Waals surface area contributed by atoms with Gasteiger partial charge in [-0.05, 0) is 32.7 Å². The summed E-state index contributed by atoms with van der Waals surface area (Å²) in [7, 11) is 1.88. The normalized spacial score (nSPS) is 19.8. The third kappa shape index (κ3) is 9.45. The molecule has 2 aliphatic rings. The van der Waals surface area contributed by atoms with Crippen molar-refractivity contribution in [3.8, 4) is 0 Å². The summed E-state index contributed by atoms with van der Waals surface area (Å²) >= 11 is 0. The summed E-state index contributed by atoms with van der Waals surface area (Å²) in [5, 5.41) is 6.04. The van der Waals surface area contributed by atoms with E-state index in [9.17, 15) is 4.79 Å². The SMILES string of the molecule is C1CCCCC1.CC.CCNC(=O)C(NC)C1CCCCC1. The topological polar surface area (TPSA) is 41.1 Å². The standard InChI is InChI=1S/C11H22N2O.C6H12.C2H6/c1-3-13-11(14)10(12-2)9-7-5-4-6-8-9;1-2-4-6-5-3-1;1-2/h9-10,12H,3-8H2,1-2H3,(H,13,14);1-6H2;1-2H3. The first-order valence-electron chi connectivity index (χ1n) is 9.74. The minimum atomic E-state index is 0.0234. The van der Waals surface area contributed by atoms with Crippen LogP contribution in [0.5, 0.6) is 0 Å². The van der Waals surface area contributed by atoms with Crippen molar-refractivity contribution in [3.05, 3.63) is 0 Å². The molecule has 1 unspecified atom stereocenters. The average molecular weight is 313 g/mol. The maximum Gasteiger partial charge on any atom is 0.237 e. The highest BCUT2D eigenvalue weighted by Gasteiger charge is 2.27. The second kappa shape index (κ2) is 15.3. The van der Waals surface area contributed by atoms with Gasteiger partial charge in [0.25, 0.3) is 0 Å². The molecule has 0 aliphatic heterocycles. The highest BCUT2D eigenvalue weighted by atomic mass is 16.2. The van der Waals surface area contributed by atoms with Crippen molar-refractivity contribution in [2.24, 2.45) is 5.92 Å². The lowest BCUT2D eigenvalue weighted by molar-refractivity contribution is -0.124. The molecule has 0 spiro atoms. The lowest BCUT2D eigenvalue weighted by Crippen LogP contribution is -2.47. The van der Waals surface area contributed by atoms with Crippen molar-refractivity contribution in [2.45, 2.75) is 97.4 Å². The molecule has 3 heteroatoms. The zero-order valence-electron chi connectivity index (χ0n) is 15.5. The van der Waals surface area contributed by atoms with Gasteiger partial charge in [-0.3, -0.25) is 4.79 Å². The van der Waals surface area contributed by atoms with Gasteiger partial charge in [-0.15, -0.1) is 0 Å². The Kier molecular flexibility index (Phi) is 14.9.